The maximum absolute atomic E-state index is 13.1. The first-order valence-electron chi connectivity index (χ1n) is 5.95. The minimum Gasteiger partial charge on any atom is -0.324 e. The highest BCUT2D eigenvalue weighted by Crippen LogP contribution is 2.65. The lowest BCUT2D eigenvalue weighted by Crippen LogP contribution is -2.38. The Kier molecular flexibility index (Phi) is 2.34. The molecule has 18 heavy (non-hydrogen) atoms. The van der Waals surface area contributed by atoms with Crippen LogP contribution in [-0.4, -0.2) is 5.54 Å². The molecule has 2 N–H and O–H groups in total. The van der Waals surface area contributed by atoms with Crippen molar-refractivity contribution in [3.8, 4) is 0 Å². The Labute approximate surface area is 108 Å². The average Bonchev–Trinajstić information content (AvgIpc) is 3.12. The minimum absolute atomic E-state index is 0.115. The standard InChI is InChI=1S/C13H13ClF3N/c14-8-1-2-9(10(7-8)13(15,16)17)11(3-4-11)12(18)5-6-12/h1-2,7H,3-6,18H2. The van der Waals surface area contributed by atoms with Gasteiger partial charge in [0.05, 0.1) is 5.56 Å². The van der Waals surface area contributed by atoms with Crippen molar-refractivity contribution < 1.29 is 13.2 Å². The van der Waals surface area contributed by atoms with Crippen molar-refractivity contribution in [2.24, 2.45) is 5.73 Å². The van der Waals surface area contributed by atoms with Crippen molar-refractivity contribution >= 4 is 11.6 Å². The van der Waals surface area contributed by atoms with Crippen LogP contribution in [0.5, 0.6) is 0 Å². The fourth-order valence-electron chi connectivity index (χ4n) is 2.94. The van der Waals surface area contributed by atoms with Crippen LogP contribution in [0.3, 0.4) is 0 Å². The third-order valence-electron chi connectivity index (χ3n) is 4.29. The van der Waals surface area contributed by atoms with Gasteiger partial charge in [0.15, 0.2) is 0 Å². The molecule has 0 spiro atoms. The Morgan fingerprint density at radius 3 is 2.17 bits per heavy atom. The van der Waals surface area contributed by atoms with Crippen molar-refractivity contribution in [1.29, 1.82) is 0 Å². The molecule has 1 nitrogen and oxygen atoms in total. The summed E-state index contributed by atoms with van der Waals surface area (Å²) in [5.74, 6) is 0. The van der Waals surface area contributed by atoms with Crippen molar-refractivity contribution in [3.05, 3.63) is 34.3 Å². The summed E-state index contributed by atoms with van der Waals surface area (Å²) in [4.78, 5) is 0. The number of benzene rings is 1. The topological polar surface area (TPSA) is 26.0 Å². The van der Waals surface area contributed by atoms with Crippen LogP contribution in [0, 0.1) is 0 Å². The smallest absolute Gasteiger partial charge is 0.324 e. The molecule has 0 radical (unpaired) electrons. The monoisotopic (exact) mass is 275 g/mol. The normalized spacial score (nSPS) is 23.8. The highest BCUT2D eigenvalue weighted by Gasteiger charge is 2.65. The molecule has 0 aliphatic heterocycles. The maximum Gasteiger partial charge on any atom is 0.416 e. The quantitative estimate of drug-likeness (QED) is 0.871. The highest BCUT2D eigenvalue weighted by molar-refractivity contribution is 6.30. The van der Waals surface area contributed by atoms with Crippen LogP contribution >= 0.6 is 11.6 Å². The largest absolute Gasteiger partial charge is 0.416 e. The fraction of sp³-hybridized carbons (Fsp3) is 0.538. The summed E-state index contributed by atoms with van der Waals surface area (Å²) in [7, 11) is 0. The SMILES string of the molecule is NC1(C2(c3ccc(Cl)cc3C(F)(F)F)CC2)CC1. The van der Waals surface area contributed by atoms with Gasteiger partial charge in [0.1, 0.15) is 0 Å². The van der Waals surface area contributed by atoms with E-state index in [1.807, 2.05) is 0 Å². The molecule has 5 heteroatoms. The molecule has 1 aromatic rings. The van der Waals surface area contributed by atoms with Crippen molar-refractivity contribution in [2.45, 2.75) is 42.8 Å². The first-order chi connectivity index (χ1) is 8.29. The Bertz CT molecular complexity index is 501. The van der Waals surface area contributed by atoms with Crippen LogP contribution in [0.4, 0.5) is 13.2 Å². The van der Waals surface area contributed by atoms with Crippen LogP contribution in [-0.2, 0) is 11.6 Å². The number of nitrogens with two attached hydrogens (primary N) is 1. The molecule has 1 aromatic carbocycles. The number of hydrogen-bond donors (Lipinski definition) is 1. The van der Waals surface area contributed by atoms with E-state index in [4.69, 9.17) is 17.3 Å². The predicted octanol–water partition coefficient (Wildman–Crippen LogP) is 3.88. The zero-order valence-corrected chi connectivity index (χ0v) is 10.4. The molecule has 3 rings (SSSR count). The van der Waals surface area contributed by atoms with E-state index < -0.39 is 22.7 Å². The molecule has 0 unspecified atom stereocenters. The van der Waals surface area contributed by atoms with Gasteiger partial charge in [0, 0.05) is 16.0 Å². The van der Waals surface area contributed by atoms with Gasteiger partial charge < -0.3 is 5.73 Å². The lowest BCUT2D eigenvalue weighted by Gasteiger charge is -2.26. The molecule has 0 saturated heterocycles. The van der Waals surface area contributed by atoms with E-state index in [1.54, 1.807) is 0 Å². The molecular weight excluding hydrogens is 263 g/mol. The van der Waals surface area contributed by atoms with E-state index >= 15 is 0 Å². The van der Waals surface area contributed by atoms with Gasteiger partial charge in [-0.25, -0.2) is 0 Å². The van der Waals surface area contributed by atoms with Gasteiger partial charge in [0.25, 0.3) is 0 Å². The van der Waals surface area contributed by atoms with E-state index in [2.05, 4.69) is 0 Å². The van der Waals surface area contributed by atoms with Gasteiger partial charge in [-0.1, -0.05) is 17.7 Å². The summed E-state index contributed by atoms with van der Waals surface area (Å²) in [6.07, 6.45) is -1.26. The summed E-state index contributed by atoms with van der Waals surface area (Å²) in [6, 6.07) is 4.05. The van der Waals surface area contributed by atoms with Crippen LogP contribution in [0.1, 0.15) is 36.8 Å². The maximum atomic E-state index is 13.1. The molecule has 0 atom stereocenters. The molecule has 0 amide bonds. The summed E-state index contributed by atoms with van der Waals surface area (Å²) < 4.78 is 39.3. The van der Waals surface area contributed by atoms with E-state index in [0.29, 0.717) is 5.56 Å². The van der Waals surface area contributed by atoms with Crippen LogP contribution in [0.25, 0.3) is 0 Å². The second kappa shape index (κ2) is 3.42. The second-order valence-corrected chi connectivity index (χ2v) is 5.86. The third kappa shape index (κ3) is 1.66. The third-order valence-corrected chi connectivity index (χ3v) is 4.53. The summed E-state index contributed by atoms with van der Waals surface area (Å²) in [5, 5.41) is 0.115. The summed E-state index contributed by atoms with van der Waals surface area (Å²) in [5.41, 5.74) is 4.98. The first kappa shape index (κ1) is 12.3. The first-order valence-corrected chi connectivity index (χ1v) is 6.32. The van der Waals surface area contributed by atoms with Crippen molar-refractivity contribution in [1.82, 2.24) is 0 Å². The second-order valence-electron chi connectivity index (χ2n) is 5.43. The van der Waals surface area contributed by atoms with Gasteiger partial charge in [-0.15, -0.1) is 0 Å². The summed E-state index contributed by atoms with van der Waals surface area (Å²) >= 11 is 5.69. The number of halogens is 4. The fourth-order valence-corrected chi connectivity index (χ4v) is 3.11. The molecular formula is C13H13ClF3N. The van der Waals surface area contributed by atoms with Crippen molar-refractivity contribution in [3.63, 3.8) is 0 Å². The number of hydrogen-bond acceptors (Lipinski definition) is 1. The van der Waals surface area contributed by atoms with Crippen molar-refractivity contribution in [2.75, 3.05) is 0 Å². The Morgan fingerprint density at radius 1 is 1.11 bits per heavy atom. The van der Waals surface area contributed by atoms with E-state index in [0.717, 1.165) is 31.7 Å². The van der Waals surface area contributed by atoms with Crippen LogP contribution in [0.2, 0.25) is 5.02 Å². The Balaban J connectivity index is 2.13. The van der Waals surface area contributed by atoms with Gasteiger partial charge >= 0.3 is 6.18 Å². The minimum atomic E-state index is -4.37. The number of rotatable bonds is 2. The predicted molar refractivity (Wildman–Crippen MR) is 63.5 cm³/mol. The molecule has 0 heterocycles. The zero-order chi connectivity index (χ0) is 13.2. The molecule has 2 fully saturated rings. The molecule has 98 valence electrons. The highest BCUT2D eigenvalue weighted by atomic mass is 35.5. The zero-order valence-electron chi connectivity index (χ0n) is 9.65. The number of alkyl halides is 3. The Morgan fingerprint density at radius 2 is 1.72 bits per heavy atom. The van der Waals surface area contributed by atoms with E-state index in [9.17, 15) is 13.2 Å². The molecule has 2 aliphatic rings. The molecule has 0 bridgehead atoms. The van der Waals surface area contributed by atoms with Gasteiger partial charge in [0.2, 0.25) is 0 Å². The van der Waals surface area contributed by atoms with Gasteiger partial charge in [-0.2, -0.15) is 13.2 Å². The van der Waals surface area contributed by atoms with E-state index in [-0.39, 0.29) is 5.02 Å². The van der Waals surface area contributed by atoms with Crippen LogP contribution < -0.4 is 5.73 Å². The Hall–Kier alpha value is -0.740. The molecule has 0 aromatic heterocycles. The lowest BCUT2D eigenvalue weighted by atomic mass is 9.83. The van der Waals surface area contributed by atoms with Gasteiger partial charge in [-0.3, -0.25) is 0 Å². The van der Waals surface area contributed by atoms with Crippen LogP contribution in [0.15, 0.2) is 18.2 Å². The summed E-state index contributed by atoms with van der Waals surface area (Å²) in [6.45, 7) is 0. The lowest BCUT2D eigenvalue weighted by molar-refractivity contribution is -0.138. The molecule has 2 aliphatic carbocycles. The van der Waals surface area contributed by atoms with E-state index in [1.165, 1.54) is 12.1 Å². The molecule has 2 saturated carbocycles. The average molecular weight is 276 g/mol. The van der Waals surface area contributed by atoms with Gasteiger partial charge in [-0.05, 0) is 43.4 Å².